The van der Waals surface area contributed by atoms with Gasteiger partial charge >= 0.3 is 0 Å². The Morgan fingerprint density at radius 1 is 0.968 bits per heavy atom. The summed E-state index contributed by atoms with van der Waals surface area (Å²) >= 11 is 0. The molecule has 1 unspecified atom stereocenters. The molecule has 168 valence electrons. The lowest BCUT2D eigenvalue weighted by atomic mass is 9.89. The summed E-state index contributed by atoms with van der Waals surface area (Å²) in [5.74, 6) is 1.70. The van der Waals surface area contributed by atoms with Crippen LogP contribution in [0.1, 0.15) is 44.9 Å². The zero-order chi connectivity index (χ0) is 21.5. The van der Waals surface area contributed by atoms with Gasteiger partial charge in [-0.05, 0) is 43.7 Å². The van der Waals surface area contributed by atoms with Crippen LogP contribution in [0.4, 0.5) is 27.9 Å². The first-order chi connectivity index (χ1) is 15.2. The van der Waals surface area contributed by atoms with Gasteiger partial charge in [-0.15, -0.1) is 0 Å². The van der Waals surface area contributed by atoms with Gasteiger partial charge in [0.15, 0.2) is 11.6 Å². The van der Waals surface area contributed by atoms with E-state index in [0.717, 1.165) is 26.0 Å². The van der Waals surface area contributed by atoms with Crippen LogP contribution in [0, 0.1) is 11.7 Å². The van der Waals surface area contributed by atoms with E-state index in [4.69, 9.17) is 9.47 Å². The Hall–Kier alpha value is -2.68. The minimum absolute atomic E-state index is 0.169. The van der Waals surface area contributed by atoms with Gasteiger partial charge in [0.05, 0.1) is 13.2 Å². The number of ether oxygens (including phenoxy) is 2. The maximum Gasteiger partial charge on any atom is 0.233 e. The topological polar surface area (TPSA) is 93.2 Å². The number of hydrogen-bond donors (Lipinski definition) is 3. The summed E-state index contributed by atoms with van der Waals surface area (Å²) in [6.45, 7) is 2.28. The number of benzene rings is 1. The van der Waals surface area contributed by atoms with Crippen molar-refractivity contribution < 1.29 is 13.9 Å². The van der Waals surface area contributed by atoms with E-state index in [2.05, 4.69) is 30.9 Å². The molecule has 1 saturated heterocycles. The van der Waals surface area contributed by atoms with Gasteiger partial charge in [0.2, 0.25) is 17.8 Å². The molecule has 0 spiro atoms. The molecule has 0 amide bonds. The van der Waals surface area contributed by atoms with Crippen molar-refractivity contribution in [1.82, 2.24) is 15.0 Å². The number of nitrogens with zero attached hydrogens (tertiary/aromatic N) is 3. The van der Waals surface area contributed by atoms with Crippen molar-refractivity contribution in [2.24, 2.45) is 5.92 Å². The van der Waals surface area contributed by atoms with Crippen LogP contribution < -0.4 is 20.7 Å². The molecule has 1 atom stereocenters. The molecular weight excluding hydrogens is 399 g/mol. The van der Waals surface area contributed by atoms with Gasteiger partial charge in [-0.3, -0.25) is 0 Å². The Kier molecular flexibility index (Phi) is 7.35. The summed E-state index contributed by atoms with van der Waals surface area (Å²) < 4.78 is 24.7. The second-order valence-corrected chi connectivity index (χ2v) is 8.18. The predicted molar refractivity (Wildman–Crippen MR) is 119 cm³/mol. The molecule has 2 fully saturated rings. The largest absolute Gasteiger partial charge is 0.494 e. The molecule has 2 heterocycles. The maximum atomic E-state index is 14.1. The quantitative estimate of drug-likeness (QED) is 0.541. The smallest absolute Gasteiger partial charge is 0.233 e. The third-order valence-corrected chi connectivity index (χ3v) is 5.83. The third kappa shape index (κ3) is 6.16. The number of halogens is 1. The van der Waals surface area contributed by atoms with Gasteiger partial charge in [0.1, 0.15) is 0 Å². The SMILES string of the molecule is COc1ccc(Nc2nc(NCC3CCCCC3)nc(NCC3CCCO3)n2)cc1F. The van der Waals surface area contributed by atoms with Gasteiger partial charge < -0.3 is 25.4 Å². The van der Waals surface area contributed by atoms with Crippen LogP contribution in [-0.4, -0.2) is 47.9 Å². The maximum absolute atomic E-state index is 14.1. The Morgan fingerprint density at radius 2 is 1.71 bits per heavy atom. The molecule has 2 aromatic rings. The Bertz CT molecular complexity index is 856. The fraction of sp³-hybridized carbons (Fsp3) is 0.591. The van der Waals surface area contributed by atoms with Crippen LogP contribution in [0.15, 0.2) is 18.2 Å². The molecule has 2 aliphatic rings. The second kappa shape index (κ2) is 10.6. The fourth-order valence-corrected chi connectivity index (χ4v) is 4.10. The molecule has 1 aliphatic heterocycles. The third-order valence-electron chi connectivity index (χ3n) is 5.83. The van der Waals surface area contributed by atoms with Crippen molar-refractivity contribution in [3.63, 3.8) is 0 Å². The van der Waals surface area contributed by atoms with E-state index in [1.54, 1.807) is 12.1 Å². The first kappa shape index (κ1) is 21.5. The minimum Gasteiger partial charge on any atom is -0.494 e. The lowest BCUT2D eigenvalue weighted by molar-refractivity contribution is 0.120. The molecule has 8 nitrogen and oxygen atoms in total. The van der Waals surface area contributed by atoms with Crippen LogP contribution >= 0.6 is 0 Å². The molecule has 0 bridgehead atoms. The summed E-state index contributed by atoms with van der Waals surface area (Å²) in [6, 6.07) is 4.65. The highest BCUT2D eigenvalue weighted by Crippen LogP contribution is 2.25. The zero-order valence-electron chi connectivity index (χ0n) is 18.0. The van der Waals surface area contributed by atoms with Crippen LogP contribution in [-0.2, 0) is 4.74 Å². The first-order valence-corrected chi connectivity index (χ1v) is 11.2. The highest BCUT2D eigenvalue weighted by Gasteiger charge is 2.17. The van der Waals surface area contributed by atoms with Gasteiger partial charge in [0.25, 0.3) is 0 Å². The molecule has 3 N–H and O–H groups in total. The number of hydrogen-bond acceptors (Lipinski definition) is 8. The number of nitrogens with one attached hydrogen (secondary N) is 3. The summed E-state index contributed by atoms with van der Waals surface area (Å²) in [4.78, 5) is 13.5. The molecular formula is C22H31FN6O2. The van der Waals surface area contributed by atoms with Crippen molar-refractivity contribution in [1.29, 1.82) is 0 Å². The summed E-state index contributed by atoms with van der Waals surface area (Å²) in [6.07, 6.45) is 8.64. The van der Waals surface area contributed by atoms with E-state index in [9.17, 15) is 4.39 Å². The van der Waals surface area contributed by atoms with Gasteiger partial charge in [-0.25, -0.2) is 4.39 Å². The zero-order valence-corrected chi connectivity index (χ0v) is 18.0. The monoisotopic (exact) mass is 430 g/mol. The van der Waals surface area contributed by atoms with E-state index in [1.165, 1.54) is 45.3 Å². The fourth-order valence-electron chi connectivity index (χ4n) is 4.10. The Balaban J connectivity index is 1.47. The first-order valence-electron chi connectivity index (χ1n) is 11.2. The predicted octanol–water partition coefficient (Wildman–Crippen LogP) is 4.35. The van der Waals surface area contributed by atoms with E-state index in [-0.39, 0.29) is 11.9 Å². The van der Waals surface area contributed by atoms with E-state index in [1.807, 2.05) is 0 Å². The van der Waals surface area contributed by atoms with Crippen LogP contribution in [0.3, 0.4) is 0 Å². The molecule has 0 radical (unpaired) electrons. The van der Waals surface area contributed by atoms with Crippen molar-refractivity contribution >= 4 is 23.5 Å². The lowest BCUT2D eigenvalue weighted by Gasteiger charge is -2.22. The van der Waals surface area contributed by atoms with Crippen molar-refractivity contribution in [3.8, 4) is 5.75 Å². The van der Waals surface area contributed by atoms with Crippen LogP contribution in [0.2, 0.25) is 0 Å². The summed E-state index contributed by atoms with van der Waals surface area (Å²) in [5.41, 5.74) is 0.535. The average molecular weight is 431 g/mol. The molecule has 1 aromatic heterocycles. The standard InChI is InChI=1S/C22H31FN6O2/c1-30-19-10-9-16(12-18(19)23)26-22-28-20(24-13-15-6-3-2-4-7-15)27-21(29-22)25-14-17-8-5-11-31-17/h9-10,12,15,17H,2-8,11,13-14H2,1H3,(H3,24,25,26,27,28,29). The van der Waals surface area contributed by atoms with Crippen molar-refractivity contribution in [3.05, 3.63) is 24.0 Å². The number of methoxy groups -OCH3 is 1. The normalized spacial score (nSPS) is 19.2. The lowest BCUT2D eigenvalue weighted by Crippen LogP contribution is -2.22. The summed E-state index contributed by atoms with van der Waals surface area (Å²) in [5, 5.41) is 9.70. The molecule has 31 heavy (non-hydrogen) atoms. The van der Waals surface area contributed by atoms with Gasteiger partial charge in [-0.2, -0.15) is 15.0 Å². The molecule has 4 rings (SSSR count). The number of anilines is 4. The van der Waals surface area contributed by atoms with E-state index >= 15 is 0 Å². The van der Waals surface area contributed by atoms with Crippen LogP contribution in [0.25, 0.3) is 0 Å². The second-order valence-electron chi connectivity index (χ2n) is 8.18. The Morgan fingerprint density at radius 3 is 2.39 bits per heavy atom. The number of rotatable bonds is 9. The number of aromatic nitrogens is 3. The van der Waals surface area contributed by atoms with Crippen molar-refractivity contribution in [2.75, 3.05) is 42.8 Å². The minimum atomic E-state index is -0.450. The van der Waals surface area contributed by atoms with Gasteiger partial charge in [0, 0.05) is 31.5 Å². The molecule has 1 saturated carbocycles. The van der Waals surface area contributed by atoms with E-state index < -0.39 is 5.82 Å². The summed E-state index contributed by atoms with van der Waals surface area (Å²) in [7, 11) is 1.44. The van der Waals surface area contributed by atoms with Crippen LogP contribution in [0.5, 0.6) is 5.75 Å². The average Bonchev–Trinajstić information content (AvgIpc) is 3.31. The van der Waals surface area contributed by atoms with Gasteiger partial charge in [-0.1, -0.05) is 19.3 Å². The van der Waals surface area contributed by atoms with Crippen molar-refractivity contribution in [2.45, 2.75) is 51.0 Å². The molecule has 9 heteroatoms. The molecule has 1 aliphatic carbocycles. The highest BCUT2D eigenvalue weighted by molar-refractivity contribution is 5.57. The van der Waals surface area contributed by atoms with E-state index in [0.29, 0.717) is 36.0 Å². The highest BCUT2D eigenvalue weighted by atomic mass is 19.1. The Labute approximate surface area is 182 Å². The molecule has 1 aromatic carbocycles.